The minimum absolute atomic E-state index is 0.741. The molecule has 0 aliphatic carbocycles. The normalized spacial score (nSPS) is 18.1. The average molecular weight is 433 g/mol. The largest absolute Gasteiger partial charge is 0.378 e. The van der Waals surface area contributed by atoms with Crippen LogP contribution < -0.4 is 14.7 Å². The summed E-state index contributed by atoms with van der Waals surface area (Å²) in [5, 5.41) is 0. The molecular formula is C19H25BrN6O. The molecule has 0 atom stereocenters. The van der Waals surface area contributed by atoms with Gasteiger partial charge in [-0.25, -0.2) is 9.97 Å². The maximum absolute atomic E-state index is 5.45. The Morgan fingerprint density at radius 1 is 0.889 bits per heavy atom. The van der Waals surface area contributed by atoms with Crippen LogP contribution in [0.25, 0.3) is 0 Å². The summed E-state index contributed by atoms with van der Waals surface area (Å²) in [6.07, 6.45) is 1.87. The first kappa shape index (κ1) is 18.4. The predicted octanol–water partition coefficient (Wildman–Crippen LogP) is 2.41. The van der Waals surface area contributed by atoms with Crippen molar-refractivity contribution < 1.29 is 4.74 Å². The summed E-state index contributed by atoms with van der Waals surface area (Å²) in [5.41, 5.74) is 2.21. The highest BCUT2D eigenvalue weighted by molar-refractivity contribution is 9.10. The highest BCUT2D eigenvalue weighted by atomic mass is 79.9. The molecule has 4 heterocycles. The van der Waals surface area contributed by atoms with Crippen molar-refractivity contribution in [2.24, 2.45) is 0 Å². The van der Waals surface area contributed by atoms with Crippen LogP contribution in [-0.2, 0) is 4.74 Å². The minimum Gasteiger partial charge on any atom is -0.378 e. The number of hydrogen-bond donors (Lipinski definition) is 0. The minimum atomic E-state index is 0.741. The van der Waals surface area contributed by atoms with Crippen molar-refractivity contribution in [3.05, 3.63) is 34.1 Å². The Bertz CT molecular complexity index is 803. The van der Waals surface area contributed by atoms with E-state index in [1.165, 1.54) is 5.56 Å². The van der Waals surface area contributed by atoms with Gasteiger partial charge in [0.2, 0.25) is 5.95 Å². The Morgan fingerprint density at radius 3 is 2.30 bits per heavy atom. The molecule has 0 bridgehead atoms. The maximum atomic E-state index is 5.45. The number of halogens is 1. The lowest BCUT2D eigenvalue weighted by atomic mass is 10.2. The average Bonchev–Trinajstić information content (AvgIpc) is 2.68. The van der Waals surface area contributed by atoms with E-state index in [0.29, 0.717) is 0 Å². The Labute approximate surface area is 168 Å². The van der Waals surface area contributed by atoms with Gasteiger partial charge in [-0.15, -0.1) is 0 Å². The lowest BCUT2D eigenvalue weighted by Gasteiger charge is -2.37. The first-order valence-corrected chi connectivity index (χ1v) is 10.2. The van der Waals surface area contributed by atoms with Crippen LogP contribution >= 0.6 is 15.9 Å². The van der Waals surface area contributed by atoms with Gasteiger partial charge in [-0.1, -0.05) is 0 Å². The number of hydrogen-bond acceptors (Lipinski definition) is 7. The van der Waals surface area contributed by atoms with Gasteiger partial charge in [0, 0.05) is 61.7 Å². The quantitative estimate of drug-likeness (QED) is 0.737. The van der Waals surface area contributed by atoms with Gasteiger partial charge in [0.25, 0.3) is 0 Å². The Balaban J connectivity index is 1.47. The number of morpholine rings is 1. The molecular weight excluding hydrogens is 408 g/mol. The zero-order valence-electron chi connectivity index (χ0n) is 15.9. The summed E-state index contributed by atoms with van der Waals surface area (Å²) in [6.45, 7) is 11.1. The van der Waals surface area contributed by atoms with Gasteiger partial charge < -0.3 is 19.4 Å². The molecule has 2 saturated heterocycles. The molecule has 0 amide bonds. The van der Waals surface area contributed by atoms with E-state index in [0.717, 1.165) is 80.2 Å². The lowest BCUT2D eigenvalue weighted by Crippen LogP contribution is -2.47. The summed E-state index contributed by atoms with van der Waals surface area (Å²) < 4.78 is 6.47. The molecule has 2 aliphatic rings. The predicted molar refractivity (Wildman–Crippen MR) is 111 cm³/mol. The number of nitrogens with zero attached hydrogens (tertiary/aromatic N) is 6. The first-order chi connectivity index (χ1) is 13.1. The monoisotopic (exact) mass is 432 g/mol. The summed E-state index contributed by atoms with van der Waals surface area (Å²) in [7, 11) is 0. The number of aromatic nitrogens is 3. The van der Waals surface area contributed by atoms with Crippen molar-refractivity contribution in [3.8, 4) is 0 Å². The molecule has 2 aromatic heterocycles. The third-order valence-corrected chi connectivity index (χ3v) is 5.48. The van der Waals surface area contributed by atoms with Crippen molar-refractivity contribution >= 4 is 33.5 Å². The van der Waals surface area contributed by atoms with E-state index in [2.05, 4.69) is 59.7 Å². The van der Waals surface area contributed by atoms with E-state index in [1.807, 2.05) is 13.1 Å². The van der Waals surface area contributed by atoms with Crippen molar-refractivity contribution in [3.63, 3.8) is 0 Å². The molecule has 0 aromatic carbocycles. The first-order valence-electron chi connectivity index (χ1n) is 9.40. The number of rotatable bonds is 3. The fraction of sp³-hybridized carbons (Fsp3) is 0.526. The molecule has 2 fully saturated rings. The Kier molecular flexibility index (Phi) is 5.45. The molecule has 27 heavy (non-hydrogen) atoms. The summed E-state index contributed by atoms with van der Waals surface area (Å²) >= 11 is 3.49. The molecule has 4 rings (SSSR count). The van der Waals surface area contributed by atoms with Crippen LogP contribution in [0.4, 0.5) is 17.6 Å². The second-order valence-corrected chi connectivity index (χ2v) is 7.95. The van der Waals surface area contributed by atoms with Crippen LogP contribution in [0.5, 0.6) is 0 Å². The molecule has 2 aliphatic heterocycles. The van der Waals surface area contributed by atoms with Crippen LogP contribution in [-0.4, -0.2) is 67.4 Å². The second-order valence-electron chi connectivity index (χ2n) is 7.04. The molecule has 0 unspecified atom stereocenters. The molecule has 144 valence electrons. The van der Waals surface area contributed by atoms with E-state index in [1.54, 1.807) is 0 Å². The molecule has 0 saturated carbocycles. The second kappa shape index (κ2) is 7.98. The third-order valence-electron chi connectivity index (χ3n) is 5.04. The van der Waals surface area contributed by atoms with E-state index in [-0.39, 0.29) is 0 Å². The zero-order valence-corrected chi connectivity index (χ0v) is 17.4. The van der Waals surface area contributed by atoms with Crippen LogP contribution in [0.1, 0.15) is 11.3 Å². The molecule has 0 spiro atoms. The molecule has 8 heteroatoms. The van der Waals surface area contributed by atoms with E-state index < -0.39 is 0 Å². The maximum Gasteiger partial charge on any atom is 0.227 e. The van der Waals surface area contributed by atoms with Crippen molar-refractivity contribution in [1.82, 2.24) is 15.0 Å². The van der Waals surface area contributed by atoms with Gasteiger partial charge >= 0.3 is 0 Å². The molecule has 7 nitrogen and oxygen atoms in total. The van der Waals surface area contributed by atoms with Gasteiger partial charge in [0.1, 0.15) is 11.6 Å². The van der Waals surface area contributed by atoms with Crippen molar-refractivity contribution in [2.45, 2.75) is 13.8 Å². The highest BCUT2D eigenvalue weighted by Crippen LogP contribution is 2.24. The molecule has 0 N–H and O–H groups in total. The van der Waals surface area contributed by atoms with E-state index in [9.17, 15) is 0 Å². The van der Waals surface area contributed by atoms with Crippen LogP contribution in [0.2, 0.25) is 0 Å². The van der Waals surface area contributed by atoms with Gasteiger partial charge in [0.05, 0.1) is 13.2 Å². The number of ether oxygens (including phenoxy) is 1. The Hall–Kier alpha value is -1.93. The molecule has 2 aromatic rings. The topological polar surface area (TPSA) is 57.6 Å². The lowest BCUT2D eigenvalue weighted by molar-refractivity contribution is 0.122. The van der Waals surface area contributed by atoms with Gasteiger partial charge in [0.15, 0.2) is 0 Å². The van der Waals surface area contributed by atoms with Gasteiger partial charge in [-0.3, -0.25) is 0 Å². The van der Waals surface area contributed by atoms with Crippen LogP contribution in [0.3, 0.4) is 0 Å². The van der Waals surface area contributed by atoms with Crippen LogP contribution in [0, 0.1) is 13.8 Å². The standard InChI is InChI=1S/C19H25BrN6O/c1-14-11-16(20)13-21-18(14)25-5-3-24(4-6-25)17-12-15(2)22-19(23-17)26-7-9-27-10-8-26/h11-13H,3-10H2,1-2H3. The highest BCUT2D eigenvalue weighted by Gasteiger charge is 2.22. The fourth-order valence-corrected chi connectivity index (χ4v) is 4.06. The Morgan fingerprint density at radius 2 is 1.59 bits per heavy atom. The third kappa shape index (κ3) is 4.16. The molecule has 0 radical (unpaired) electrons. The fourth-order valence-electron chi connectivity index (χ4n) is 3.62. The van der Waals surface area contributed by atoms with Crippen molar-refractivity contribution in [2.75, 3.05) is 67.2 Å². The van der Waals surface area contributed by atoms with Crippen LogP contribution in [0.15, 0.2) is 22.8 Å². The SMILES string of the molecule is Cc1cc(N2CCN(c3ncc(Br)cc3C)CC2)nc(N2CCOCC2)n1. The van der Waals surface area contributed by atoms with Crippen molar-refractivity contribution in [1.29, 1.82) is 0 Å². The summed E-state index contributed by atoms with van der Waals surface area (Å²) in [5.74, 6) is 2.91. The number of piperazine rings is 1. The zero-order chi connectivity index (χ0) is 18.8. The van der Waals surface area contributed by atoms with Gasteiger partial charge in [-0.2, -0.15) is 4.98 Å². The van der Waals surface area contributed by atoms with E-state index >= 15 is 0 Å². The number of aryl methyl sites for hydroxylation is 2. The smallest absolute Gasteiger partial charge is 0.227 e. The number of anilines is 3. The summed E-state index contributed by atoms with van der Waals surface area (Å²) in [6, 6.07) is 4.21. The summed E-state index contributed by atoms with van der Waals surface area (Å²) in [4.78, 5) is 21.0. The number of pyridine rings is 1. The van der Waals surface area contributed by atoms with Gasteiger partial charge in [-0.05, 0) is 41.4 Å². The van der Waals surface area contributed by atoms with E-state index in [4.69, 9.17) is 9.72 Å².